The molecule has 0 bridgehead atoms. The molecule has 0 fully saturated rings. The first kappa shape index (κ1) is 11.7. The van der Waals surface area contributed by atoms with Crippen LogP contribution in [0.1, 0.15) is 17.3 Å². The molecule has 80 valence electrons. The molecule has 0 atom stereocenters. The Morgan fingerprint density at radius 1 is 1.47 bits per heavy atom. The van der Waals surface area contributed by atoms with Gasteiger partial charge in [0.25, 0.3) is 5.91 Å². The maximum atomic E-state index is 11.2. The third kappa shape index (κ3) is 3.36. The van der Waals surface area contributed by atoms with E-state index in [1.54, 1.807) is 23.0 Å². The Bertz CT molecular complexity index is 404. The monoisotopic (exact) mass is 225 g/mol. The Morgan fingerprint density at radius 2 is 2.13 bits per heavy atom. The minimum Gasteiger partial charge on any atom is -0.364 e. The number of Topliss-reactive ketones (excluding diaryl/α,β-unsaturated/α-hetero) is 1. The topological polar surface area (TPSA) is 64.0 Å². The molecular weight excluding hydrogens is 212 g/mol. The molecule has 0 aliphatic rings. The summed E-state index contributed by atoms with van der Waals surface area (Å²) in [4.78, 5) is 22.9. The van der Waals surface area contributed by atoms with Crippen molar-refractivity contribution in [2.45, 2.75) is 18.4 Å². The van der Waals surface area contributed by atoms with Gasteiger partial charge >= 0.3 is 0 Å². The quantitative estimate of drug-likeness (QED) is 0.458. The summed E-state index contributed by atoms with van der Waals surface area (Å²) in [5.41, 5.74) is 5.68. The van der Waals surface area contributed by atoms with Crippen molar-refractivity contribution < 1.29 is 14.2 Å². The van der Waals surface area contributed by atoms with Crippen LogP contribution in [0.2, 0.25) is 0 Å². The van der Waals surface area contributed by atoms with Crippen LogP contribution in [0, 0.1) is 0 Å². The van der Waals surface area contributed by atoms with Crippen molar-refractivity contribution in [3.8, 4) is 0 Å². The summed E-state index contributed by atoms with van der Waals surface area (Å²) in [7, 11) is 0. The molecule has 0 unspecified atom stereocenters. The van der Waals surface area contributed by atoms with Crippen molar-refractivity contribution >= 4 is 23.5 Å². The van der Waals surface area contributed by atoms with E-state index >= 15 is 0 Å². The number of nitrogens with zero attached hydrogens (tertiary/aromatic N) is 1. The predicted octanol–water partition coefficient (Wildman–Crippen LogP) is 0.384. The summed E-state index contributed by atoms with van der Waals surface area (Å²) >= 11 is 1.52. The zero-order chi connectivity index (χ0) is 11.4. The van der Waals surface area contributed by atoms with Gasteiger partial charge in [0.1, 0.15) is 0 Å². The number of hydrogen-bond donors (Lipinski definition) is 1. The Hall–Kier alpha value is -1.36. The lowest BCUT2D eigenvalue weighted by atomic mass is 10.2. The molecule has 0 aromatic carbocycles. The molecule has 0 saturated heterocycles. The third-order valence-corrected chi connectivity index (χ3v) is 2.57. The summed E-state index contributed by atoms with van der Waals surface area (Å²) in [5, 5.41) is 0. The van der Waals surface area contributed by atoms with Gasteiger partial charge in [0.05, 0.1) is 10.5 Å². The van der Waals surface area contributed by atoms with Crippen molar-refractivity contribution in [2.24, 2.45) is 5.73 Å². The van der Waals surface area contributed by atoms with E-state index in [0.717, 1.165) is 4.90 Å². The van der Waals surface area contributed by atoms with Gasteiger partial charge in [-0.2, -0.15) is 4.57 Å². The molecule has 0 radical (unpaired) electrons. The second kappa shape index (κ2) is 4.93. The number of hydrogen-bond acceptors (Lipinski definition) is 3. The zero-order valence-electron chi connectivity index (χ0n) is 8.69. The molecule has 1 amide bonds. The predicted molar refractivity (Wildman–Crippen MR) is 57.6 cm³/mol. The average Bonchev–Trinajstić information content (AvgIpc) is 2.16. The second-order valence-corrected chi connectivity index (χ2v) is 4.04. The van der Waals surface area contributed by atoms with Crippen LogP contribution in [0.15, 0.2) is 23.4 Å². The molecule has 2 N–H and O–H groups in total. The number of ketones is 1. The van der Waals surface area contributed by atoms with Gasteiger partial charge in [0, 0.05) is 0 Å². The number of rotatable bonds is 4. The van der Waals surface area contributed by atoms with Gasteiger partial charge in [-0.3, -0.25) is 9.59 Å². The van der Waals surface area contributed by atoms with Crippen molar-refractivity contribution in [1.82, 2.24) is 0 Å². The standard InChI is InChI=1S/C10H12N2O2S/c1-7(13)8-3-9(15-2)5-12(4-8)6-10(11)14/h3-5H,6H2,1-2H3,(H-,11,14)/p+1. The van der Waals surface area contributed by atoms with Crippen LogP contribution in [-0.2, 0) is 11.3 Å². The normalized spacial score (nSPS) is 10.0. The van der Waals surface area contributed by atoms with Crippen molar-refractivity contribution in [3.05, 3.63) is 24.0 Å². The first-order valence-corrected chi connectivity index (χ1v) is 5.62. The Labute approximate surface area is 92.5 Å². The smallest absolute Gasteiger partial charge is 0.283 e. The van der Waals surface area contributed by atoms with Gasteiger partial charge in [-0.25, -0.2) is 0 Å². The van der Waals surface area contributed by atoms with E-state index in [2.05, 4.69) is 0 Å². The SMILES string of the molecule is CSc1cc(C(C)=O)c[n+](CC(N)=O)c1. The van der Waals surface area contributed by atoms with Gasteiger partial charge in [-0.15, -0.1) is 11.8 Å². The van der Waals surface area contributed by atoms with E-state index in [9.17, 15) is 9.59 Å². The summed E-state index contributed by atoms with van der Waals surface area (Å²) in [6.07, 6.45) is 5.34. The molecule has 15 heavy (non-hydrogen) atoms. The fourth-order valence-electron chi connectivity index (χ4n) is 1.18. The van der Waals surface area contributed by atoms with Crippen molar-refractivity contribution in [1.29, 1.82) is 0 Å². The Morgan fingerprint density at radius 3 is 2.60 bits per heavy atom. The number of nitrogens with two attached hydrogens (primary N) is 1. The summed E-state index contributed by atoms with van der Waals surface area (Å²) in [6, 6.07) is 1.80. The molecule has 4 nitrogen and oxygen atoms in total. The molecule has 0 spiro atoms. The molecule has 1 heterocycles. The van der Waals surface area contributed by atoms with E-state index < -0.39 is 5.91 Å². The lowest BCUT2D eigenvalue weighted by molar-refractivity contribution is -0.686. The van der Waals surface area contributed by atoms with Crippen LogP contribution in [0.25, 0.3) is 0 Å². The summed E-state index contributed by atoms with van der Waals surface area (Å²) in [5.74, 6) is -0.447. The molecule has 1 rings (SSSR count). The van der Waals surface area contributed by atoms with Crippen LogP contribution >= 0.6 is 11.8 Å². The van der Waals surface area contributed by atoms with E-state index in [0.29, 0.717) is 5.56 Å². The summed E-state index contributed by atoms with van der Waals surface area (Å²) in [6.45, 7) is 1.59. The van der Waals surface area contributed by atoms with Gasteiger partial charge in [-0.05, 0) is 19.2 Å². The van der Waals surface area contributed by atoms with Gasteiger partial charge < -0.3 is 5.73 Å². The fraction of sp³-hybridized carbons (Fsp3) is 0.300. The van der Waals surface area contributed by atoms with Gasteiger partial charge in [-0.1, -0.05) is 0 Å². The second-order valence-electron chi connectivity index (χ2n) is 3.16. The Balaban J connectivity index is 3.11. The lowest BCUT2D eigenvalue weighted by Gasteiger charge is -2.00. The minimum atomic E-state index is -0.423. The van der Waals surface area contributed by atoms with Gasteiger partial charge in [0.2, 0.25) is 6.54 Å². The molecular formula is C10H13N2O2S+. The van der Waals surface area contributed by atoms with Crippen LogP contribution < -0.4 is 10.3 Å². The van der Waals surface area contributed by atoms with E-state index in [1.165, 1.54) is 18.7 Å². The largest absolute Gasteiger partial charge is 0.364 e. The lowest BCUT2D eigenvalue weighted by Crippen LogP contribution is -2.41. The number of primary amides is 1. The van der Waals surface area contributed by atoms with E-state index in [-0.39, 0.29) is 12.3 Å². The highest BCUT2D eigenvalue weighted by Gasteiger charge is 2.12. The van der Waals surface area contributed by atoms with Crippen LogP contribution in [0.3, 0.4) is 0 Å². The van der Waals surface area contributed by atoms with Crippen LogP contribution in [0.5, 0.6) is 0 Å². The Kier molecular flexibility index (Phi) is 3.85. The van der Waals surface area contributed by atoms with Crippen LogP contribution in [-0.4, -0.2) is 17.9 Å². The maximum absolute atomic E-state index is 11.2. The maximum Gasteiger partial charge on any atom is 0.283 e. The first-order valence-electron chi connectivity index (χ1n) is 4.40. The average molecular weight is 225 g/mol. The third-order valence-electron chi connectivity index (χ3n) is 1.88. The number of amides is 1. The molecule has 0 aliphatic heterocycles. The van der Waals surface area contributed by atoms with E-state index in [1.807, 2.05) is 6.26 Å². The highest BCUT2D eigenvalue weighted by Crippen LogP contribution is 2.13. The first-order chi connectivity index (χ1) is 7.02. The highest BCUT2D eigenvalue weighted by atomic mass is 32.2. The highest BCUT2D eigenvalue weighted by molar-refractivity contribution is 7.98. The molecule has 1 aromatic rings. The van der Waals surface area contributed by atoms with Crippen molar-refractivity contribution in [2.75, 3.05) is 6.26 Å². The van der Waals surface area contributed by atoms with Crippen LogP contribution in [0.4, 0.5) is 0 Å². The molecule has 1 aromatic heterocycles. The molecule has 0 aliphatic carbocycles. The minimum absolute atomic E-state index is 0.0240. The number of pyridine rings is 1. The number of thioether (sulfide) groups is 1. The van der Waals surface area contributed by atoms with Crippen molar-refractivity contribution in [3.63, 3.8) is 0 Å². The van der Waals surface area contributed by atoms with Gasteiger partial charge in [0.15, 0.2) is 18.2 Å². The number of carbonyl (C=O) groups is 2. The van der Waals surface area contributed by atoms with E-state index in [4.69, 9.17) is 5.73 Å². The molecule has 0 saturated carbocycles. The zero-order valence-corrected chi connectivity index (χ0v) is 9.50. The number of aromatic nitrogens is 1. The number of carbonyl (C=O) groups excluding carboxylic acids is 2. The summed E-state index contributed by atoms with van der Waals surface area (Å²) < 4.78 is 1.63. The fourth-order valence-corrected chi connectivity index (χ4v) is 1.67. The molecule has 5 heteroatoms.